The van der Waals surface area contributed by atoms with E-state index in [1.165, 1.54) is 44.9 Å². The van der Waals surface area contributed by atoms with E-state index in [9.17, 15) is 0 Å². The van der Waals surface area contributed by atoms with Crippen molar-refractivity contribution in [3.63, 3.8) is 0 Å². The summed E-state index contributed by atoms with van der Waals surface area (Å²) in [6.07, 6.45) is 9.12. The van der Waals surface area contributed by atoms with Crippen LogP contribution in [0, 0.1) is 11.3 Å². The Morgan fingerprint density at radius 2 is 1.78 bits per heavy atom. The Labute approximate surface area is 118 Å². The minimum Gasteiger partial charge on any atom is -0.381 e. The van der Waals surface area contributed by atoms with Crippen LogP contribution in [0.25, 0.3) is 0 Å². The zero-order valence-electron chi connectivity index (χ0n) is 10.6. The molecule has 1 saturated carbocycles. The van der Waals surface area contributed by atoms with Crippen molar-refractivity contribution >= 4 is 21.6 Å². The van der Waals surface area contributed by atoms with Gasteiger partial charge in [0.05, 0.1) is 11.3 Å². The van der Waals surface area contributed by atoms with E-state index in [0.717, 1.165) is 15.7 Å². The molecule has 2 rings (SSSR count). The lowest BCUT2D eigenvalue weighted by Gasteiger charge is -2.22. The molecule has 0 atom stereocenters. The van der Waals surface area contributed by atoms with Crippen LogP contribution in [0.3, 0.4) is 0 Å². The number of nitrogens with zero attached hydrogens (tertiary/aromatic N) is 1. The number of nitriles is 1. The highest BCUT2D eigenvalue weighted by Gasteiger charge is 2.13. The van der Waals surface area contributed by atoms with E-state index in [4.69, 9.17) is 5.26 Å². The third kappa shape index (κ3) is 3.74. The van der Waals surface area contributed by atoms with E-state index in [1.807, 2.05) is 18.2 Å². The van der Waals surface area contributed by atoms with Crippen LogP contribution in [0.1, 0.15) is 50.5 Å². The maximum atomic E-state index is 9.13. The zero-order valence-corrected chi connectivity index (χ0v) is 12.2. The zero-order chi connectivity index (χ0) is 12.8. The van der Waals surface area contributed by atoms with Crippen LogP contribution < -0.4 is 5.32 Å². The minimum absolute atomic E-state index is 0.520. The predicted molar refractivity (Wildman–Crippen MR) is 78.6 cm³/mol. The van der Waals surface area contributed by atoms with Gasteiger partial charge in [-0.1, -0.05) is 48.0 Å². The Bertz CT molecular complexity index is 429. The number of benzene rings is 1. The summed E-state index contributed by atoms with van der Waals surface area (Å²) in [7, 11) is 0. The van der Waals surface area contributed by atoms with Crippen LogP contribution in [0.5, 0.6) is 0 Å². The molecule has 0 spiro atoms. The normalized spacial score (nSPS) is 17.6. The molecule has 96 valence electrons. The van der Waals surface area contributed by atoms with E-state index in [1.54, 1.807) is 0 Å². The summed E-state index contributed by atoms with van der Waals surface area (Å²) in [5, 5.41) is 12.7. The Hall–Kier alpha value is -1.01. The van der Waals surface area contributed by atoms with Crippen LogP contribution in [0.2, 0.25) is 0 Å². The standard InChI is InChI=1S/C15H19BrN2/c16-13-9-8-12(11-17)15(10-13)18-14-6-4-2-1-3-5-7-14/h8-10,14,18H,1-7H2. The van der Waals surface area contributed by atoms with Crippen LogP contribution in [-0.2, 0) is 0 Å². The van der Waals surface area contributed by atoms with Gasteiger partial charge in [-0.05, 0) is 31.0 Å². The van der Waals surface area contributed by atoms with Gasteiger partial charge >= 0.3 is 0 Å². The van der Waals surface area contributed by atoms with Crippen molar-refractivity contribution < 1.29 is 0 Å². The second kappa shape index (κ2) is 6.80. The van der Waals surface area contributed by atoms with Gasteiger partial charge in [-0.3, -0.25) is 0 Å². The summed E-state index contributed by atoms with van der Waals surface area (Å²) in [6.45, 7) is 0. The van der Waals surface area contributed by atoms with Crippen LogP contribution in [0.4, 0.5) is 5.69 Å². The molecule has 18 heavy (non-hydrogen) atoms. The summed E-state index contributed by atoms with van der Waals surface area (Å²) >= 11 is 3.47. The SMILES string of the molecule is N#Cc1ccc(Br)cc1NC1CCCCCCC1. The molecule has 0 unspecified atom stereocenters. The molecule has 0 heterocycles. The van der Waals surface area contributed by atoms with Crippen LogP contribution in [-0.4, -0.2) is 6.04 Å². The Morgan fingerprint density at radius 3 is 2.44 bits per heavy atom. The number of halogens is 1. The molecule has 2 nitrogen and oxygen atoms in total. The summed E-state index contributed by atoms with van der Waals surface area (Å²) in [6, 6.07) is 8.58. The quantitative estimate of drug-likeness (QED) is 0.848. The number of anilines is 1. The monoisotopic (exact) mass is 306 g/mol. The van der Waals surface area contributed by atoms with E-state index >= 15 is 0 Å². The summed E-state index contributed by atoms with van der Waals surface area (Å²) in [5.74, 6) is 0. The fourth-order valence-electron chi connectivity index (χ4n) is 2.55. The predicted octanol–water partition coefficient (Wildman–Crippen LogP) is 4.85. The molecule has 0 saturated heterocycles. The van der Waals surface area contributed by atoms with Crippen molar-refractivity contribution in [2.24, 2.45) is 0 Å². The maximum Gasteiger partial charge on any atom is 0.101 e. The van der Waals surface area contributed by atoms with E-state index in [2.05, 4.69) is 27.3 Å². The molecule has 0 radical (unpaired) electrons. The Balaban J connectivity index is 2.07. The maximum absolute atomic E-state index is 9.13. The van der Waals surface area contributed by atoms with Gasteiger partial charge in [0, 0.05) is 10.5 Å². The van der Waals surface area contributed by atoms with Crippen molar-refractivity contribution in [2.75, 3.05) is 5.32 Å². The van der Waals surface area contributed by atoms with E-state index in [0.29, 0.717) is 6.04 Å². The van der Waals surface area contributed by atoms with Crippen LogP contribution in [0.15, 0.2) is 22.7 Å². The van der Waals surface area contributed by atoms with Gasteiger partial charge in [0.2, 0.25) is 0 Å². The van der Waals surface area contributed by atoms with Gasteiger partial charge in [0.25, 0.3) is 0 Å². The first-order chi connectivity index (χ1) is 8.79. The lowest BCUT2D eigenvalue weighted by Crippen LogP contribution is -2.21. The van der Waals surface area contributed by atoms with Gasteiger partial charge in [-0.2, -0.15) is 5.26 Å². The highest BCUT2D eigenvalue weighted by Crippen LogP contribution is 2.25. The smallest absolute Gasteiger partial charge is 0.101 e. The second-order valence-electron chi connectivity index (χ2n) is 4.99. The van der Waals surface area contributed by atoms with Gasteiger partial charge < -0.3 is 5.32 Å². The fraction of sp³-hybridized carbons (Fsp3) is 0.533. The third-order valence-electron chi connectivity index (χ3n) is 3.57. The number of hydrogen-bond acceptors (Lipinski definition) is 2. The Kier molecular flexibility index (Phi) is 5.07. The highest BCUT2D eigenvalue weighted by atomic mass is 79.9. The molecular weight excluding hydrogens is 288 g/mol. The van der Waals surface area contributed by atoms with Crippen molar-refractivity contribution in [1.82, 2.24) is 0 Å². The van der Waals surface area contributed by atoms with Gasteiger partial charge in [0.1, 0.15) is 6.07 Å². The van der Waals surface area contributed by atoms with Crippen molar-refractivity contribution in [1.29, 1.82) is 5.26 Å². The molecule has 0 bridgehead atoms. The van der Waals surface area contributed by atoms with Crippen molar-refractivity contribution in [3.8, 4) is 6.07 Å². The molecule has 1 aromatic carbocycles. The highest BCUT2D eigenvalue weighted by molar-refractivity contribution is 9.10. The molecule has 0 aliphatic heterocycles. The fourth-order valence-corrected chi connectivity index (χ4v) is 2.91. The first-order valence-electron chi connectivity index (χ1n) is 6.76. The molecule has 3 heteroatoms. The average Bonchev–Trinajstić information content (AvgIpc) is 2.33. The molecule has 1 fully saturated rings. The van der Waals surface area contributed by atoms with Gasteiger partial charge in [-0.15, -0.1) is 0 Å². The first kappa shape index (κ1) is 13.4. The lowest BCUT2D eigenvalue weighted by molar-refractivity contribution is 0.471. The summed E-state index contributed by atoms with van der Waals surface area (Å²) in [4.78, 5) is 0. The summed E-state index contributed by atoms with van der Waals surface area (Å²) in [5.41, 5.74) is 1.71. The molecule has 1 N–H and O–H groups in total. The number of rotatable bonds is 2. The van der Waals surface area contributed by atoms with Gasteiger partial charge in [-0.25, -0.2) is 0 Å². The molecule has 1 aliphatic carbocycles. The molecule has 0 aromatic heterocycles. The summed E-state index contributed by atoms with van der Waals surface area (Å²) < 4.78 is 1.02. The van der Waals surface area contributed by atoms with Crippen molar-refractivity contribution in [3.05, 3.63) is 28.2 Å². The number of nitrogens with one attached hydrogen (secondary N) is 1. The lowest BCUT2D eigenvalue weighted by atomic mass is 9.96. The minimum atomic E-state index is 0.520. The molecular formula is C15H19BrN2. The van der Waals surface area contributed by atoms with E-state index in [-0.39, 0.29) is 0 Å². The van der Waals surface area contributed by atoms with E-state index < -0.39 is 0 Å². The largest absolute Gasteiger partial charge is 0.381 e. The second-order valence-corrected chi connectivity index (χ2v) is 5.90. The van der Waals surface area contributed by atoms with Crippen molar-refractivity contribution in [2.45, 2.75) is 51.0 Å². The van der Waals surface area contributed by atoms with Crippen LogP contribution >= 0.6 is 15.9 Å². The van der Waals surface area contributed by atoms with Gasteiger partial charge in [0.15, 0.2) is 0 Å². The molecule has 1 aliphatic rings. The number of hydrogen-bond donors (Lipinski definition) is 1. The average molecular weight is 307 g/mol. The first-order valence-corrected chi connectivity index (χ1v) is 7.55. The Morgan fingerprint density at radius 1 is 1.11 bits per heavy atom. The molecule has 0 amide bonds. The topological polar surface area (TPSA) is 35.8 Å². The third-order valence-corrected chi connectivity index (χ3v) is 4.06. The molecule has 1 aromatic rings.